The van der Waals surface area contributed by atoms with Gasteiger partial charge in [-0.15, -0.1) is 0 Å². The molecule has 0 unspecified atom stereocenters. The van der Waals surface area contributed by atoms with Crippen LogP contribution in [0.3, 0.4) is 0 Å². The minimum Gasteiger partial charge on any atom is -0.449 e. The van der Waals surface area contributed by atoms with Gasteiger partial charge in [0.2, 0.25) is 11.8 Å². The Balaban J connectivity index is 1.46. The third-order valence-electron chi connectivity index (χ3n) is 11.1. The molecule has 0 spiro atoms. The number of hydrogen-bond donors (Lipinski definition) is 2. The van der Waals surface area contributed by atoms with Crippen LogP contribution in [0.1, 0.15) is 118 Å². The Morgan fingerprint density at radius 2 is 1.56 bits per heavy atom. The van der Waals surface area contributed by atoms with Gasteiger partial charge in [0, 0.05) is 47.2 Å². The van der Waals surface area contributed by atoms with E-state index >= 15 is 0 Å². The lowest BCUT2D eigenvalue weighted by molar-refractivity contribution is -0.140. The molecule has 1 saturated carbocycles. The fourth-order valence-electron chi connectivity index (χ4n) is 7.57. The van der Waals surface area contributed by atoms with Crippen molar-refractivity contribution in [1.82, 2.24) is 15.5 Å². The van der Waals surface area contributed by atoms with E-state index in [0.717, 1.165) is 18.4 Å². The topological polar surface area (TPSA) is 139 Å². The molecule has 1 heterocycles. The summed E-state index contributed by atoms with van der Waals surface area (Å²) in [5.74, 6) is -1.07. The molecule has 0 bridgehead atoms. The molecular weight excluding hydrogens is 695 g/mol. The number of benzene rings is 1. The quantitative estimate of drug-likeness (QED) is 0.0803. The lowest BCUT2D eigenvalue weighted by Gasteiger charge is -2.29. The first-order chi connectivity index (χ1) is 26.2. The molecule has 2 N–H and O–H groups in total. The van der Waals surface area contributed by atoms with E-state index in [9.17, 15) is 28.8 Å². The minimum atomic E-state index is -0.632. The maximum Gasteiger partial charge on any atom is 0.407 e. The van der Waals surface area contributed by atoms with Crippen molar-refractivity contribution in [2.24, 2.45) is 23.7 Å². The van der Waals surface area contributed by atoms with E-state index in [2.05, 4.69) is 24.5 Å². The molecule has 1 aliphatic heterocycles. The van der Waals surface area contributed by atoms with Crippen LogP contribution in [0.4, 0.5) is 4.79 Å². The zero-order chi connectivity index (χ0) is 40.2. The maximum absolute atomic E-state index is 14.4. The lowest BCUT2D eigenvalue weighted by Crippen LogP contribution is -2.45. The van der Waals surface area contributed by atoms with Crippen LogP contribution in [0.25, 0.3) is 0 Å². The zero-order valence-corrected chi connectivity index (χ0v) is 34.1. The molecule has 0 radical (unpaired) electrons. The molecule has 1 aromatic carbocycles. The number of ether oxygens (including phenoxy) is 1. The molecule has 1 saturated heterocycles. The van der Waals surface area contributed by atoms with Gasteiger partial charge in [-0.3, -0.25) is 24.0 Å². The van der Waals surface area contributed by atoms with Crippen molar-refractivity contribution in [2.75, 3.05) is 13.2 Å². The lowest BCUT2D eigenvalue weighted by atomic mass is 9.83. The van der Waals surface area contributed by atoms with Crippen LogP contribution in [-0.4, -0.2) is 71.4 Å². The van der Waals surface area contributed by atoms with Crippen molar-refractivity contribution in [3.05, 3.63) is 70.3 Å². The number of unbranched alkanes of at least 4 members (excludes halogenated alkanes) is 1. The molecule has 4 atom stereocenters. The molecule has 3 amide bonds. The summed E-state index contributed by atoms with van der Waals surface area (Å²) < 4.78 is 5.44. The number of alkyl carbamates (subject to hydrolysis) is 1. The van der Waals surface area contributed by atoms with E-state index in [1.54, 1.807) is 25.7 Å². The van der Waals surface area contributed by atoms with Gasteiger partial charge in [-0.05, 0) is 110 Å². The van der Waals surface area contributed by atoms with Crippen molar-refractivity contribution >= 4 is 35.3 Å². The van der Waals surface area contributed by atoms with Gasteiger partial charge in [0.15, 0.2) is 17.3 Å². The molecule has 10 heteroatoms. The molecule has 10 nitrogen and oxygen atoms in total. The molecule has 55 heavy (non-hydrogen) atoms. The van der Waals surface area contributed by atoms with Gasteiger partial charge in [0.1, 0.15) is 0 Å². The predicted molar refractivity (Wildman–Crippen MR) is 214 cm³/mol. The van der Waals surface area contributed by atoms with Crippen molar-refractivity contribution < 1.29 is 33.5 Å². The summed E-state index contributed by atoms with van der Waals surface area (Å²) in [7, 11) is 0. The van der Waals surface area contributed by atoms with Crippen molar-refractivity contribution in [3.8, 4) is 0 Å². The monoisotopic (exact) mass is 757 g/mol. The normalized spacial score (nSPS) is 19.4. The second-order valence-electron chi connectivity index (χ2n) is 16.6. The largest absolute Gasteiger partial charge is 0.449 e. The highest BCUT2D eigenvalue weighted by Gasteiger charge is 2.38. The first kappa shape index (κ1) is 43.4. The van der Waals surface area contributed by atoms with E-state index in [1.807, 2.05) is 56.3 Å². The van der Waals surface area contributed by atoms with Gasteiger partial charge in [0.05, 0.1) is 24.6 Å². The Morgan fingerprint density at radius 3 is 2.22 bits per heavy atom. The highest BCUT2D eigenvalue weighted by molar-refractivity contribution is 6.24. The van der Waals surface area contributed by atoms with Gasteiger partial charge in [0.25, 0.3) is 0 Å². The second-order valence-corrected chi connectivity index (χ2v) is 16.6. The van der Waals surface area contributed by atoms with Crippen LogP contribution in [0.5, 0.6) is 0 Å². The Morgan fingerprint density at radius 1 is 0.873 bits per heavy atom. The van der Waals surface area contributed by atoms with Crippen molar-refractivity contribution in [3.63, 3.8) is 0 Å². The van der Waals surface area contributed by atoms with Crippen LogP contribution in [-0.2, 0) is 35.1 Å². The number of carbonyl (C=O) groups is 6. The second kappa shape index (κ2) is 20.5. The molecular formula is C45H63N3O7. The van der Waals surface area contributed by atoms with Crippen LogP contribution in [0.2, 0.25) is 0 Å². The van der Waals surface area contributed by atoms with Gasteiger partial charge in [-0.2, -0.15) is 0 Å². The van der Waals surface area contributed by atoms with E-state index in [-0.39, 0.29) is 53.6 Å². The maximum atomic E-state index is 14.4. The molecule has 2 aliphatic carbocycles. The first-order valence-electron chi connectivity index (χ1n) is 20.4. The Labute approximate surface area is 328 Å². The average Bonchev–Trinajstić information content (AvgIpc) is 3.85. The van der Waals surface area contributed by atoms with Crippen molar-refractivity contribution in [1.29, 1.82) is 0 Å². The number of nitrogens with zero attached hydrogens (tertiary/aromatic N) is 1. The molecule has 300 valence electrons. The minimum absolute atomic E-state index is 0.00965. The smallest absolute Gasteiger partial charge is 0.407 e. The molecule has 4 rings (SSSR count). The Bertz CT molecular complexity index is 1650. The molecule has 1 aromatic rings. The van der Waals surface area contributed by atoms with Crippen LogP contribution >= 0.6 is 0 Å². The number of carbonyl (C=O) groups excluding carboxylic acids is 6. The number of ketones is 3. The number of amides is 3. The summed E-state index contributed by atoms with van der Waals surface area (Å²) in [6.45, 7) is 13.9. The standard InChI is InChI=1S/C45H63N3O7/c1-28(2)24-37(47-45(54)55-27-34-19-20-34)22-21-36(25-33-14-9-8-10-15-33)44(53)48-23-13-18-39(48)40(49)26-35(43(52)46-29(3)4)16-11-12-17-38-32(7)41(50)30(5)31(6)42(38)51/h8-10,14-15,21-22,28-29,34-37,39H,11-13,16-20,23-27H2,1-7H3,(H,46,52)(H,47,54)/b22-21+/t35-,36-,37-,39+/m1/s1. The summed E-state index contributed by atoms with van der Waals surface area (Å²) in [6, 6.07) is 8.71. The number of Topliss-reactive ketones (excluding diaryl/α,β-unsaturated/α-hetero) is 3. The summed E-state index contributed by atoms with van der Waals surface area (Å²) >= 11 is 0. The van der Waals surface area contributed by atoms with Gasteiger partial charge < -0.3 is 20.3 Å². The zero-order valence-electron chi connectivity index (χ0n) is 34.1. The third kappa shape index (κ3) is 12.9. The van der Waals surface area contributed by atoms with E-state index < -0.39 is 24.0 Å². The highest BCUT2D eigenvalue weighted by atomic mass is 16.5. The van der Waals surface area contributed by atoms with Crippen LogP contribution < -0.4 is 10.6 Å². The van der Waals surface area contributed by atoms with Crippen LogP contribution in [0.15, 0.2) is 64.8 Å². The van der Waals surface area contributed by atoms with Gasteiger partial charge >= 0.3 is 6.09 Å². The first-order valence-corrected chi connectivity index (χ1v) is 20.4. The van der Waals surface area contributed by atoms with Gasteiger partial charge in [-0.1, -0.05) is 62.8 Å². The molecule has 3 aliphatic rings. The number of likely N-dealkylation sites (tertiary alicyclic amines) is 1. The van der Waals surface area contributed by atoms with E-state index in [0.29, 0.717) is 92.7 Å². The summed E-state index contributed by atoms with van der Waals surface area (Å²) in [4.78, 5) is 81.9. The SMILES string of the molecule is CC1=C(C)C(=O)C(CCCC[C@H](CC(=O)[C@@H]2CCCN2C(=O)[C@H](/C=C/[C@H](CC(C)C)NC(=O)OCC2CC2)Cc2ccccc2)C(=O)NC(C)C)=C(C)C1=O. The fourth-order valence-corrected chi connectivity index (χ4v) is 7.57. The van der Waals surface area contributed by atoms with Crippen molar-refractivity contribution in [2.45, 2.75) is 137 Å². The number of hydrogen-bond acceptors (Lipinski definition) is 7. The molecule has 0 aromatic heterocycles. The summed E-state index contributed by atoms with van der Waals surface area (Å²) in [5.41, 5.74) is 2.99. The highest BCUT2D eigenvalue weighted by Crippen LogP contribution is 2.30. The Hall–Kier alpha value is -4.34. The van der Waals surface area contributed by atoms with E-state index in [1.165, 1.54) is 0 Å². The predicted octanol–water partition coefficient (Wildman–Crippen LogP) is 7.41. The number of nitrogens with one attached hydrogen (secondary N) is 2. The average molecular weight is 758 g/mol. The number of rotatable bonds is 20. The van der Waals surface area contributed by atoms with Gasteiger partial charge in [-0.25, -0.2) is 4.79 Å². The number of allylic oxidation sites excluding steroid dienone is 4. The summed E-state index contributed by atoms with van der Waals surface area (Å²) in [5, 5.41) is 5.96. The summed E-state index contributed by atoms with van der Waals surface area (Å²) in [6.07, 6.45) is 9.91. The molecule has 2 fully saturated rings. The fraction of sp³-hybridized carbons (Fsp3) is 0.600. The van der Waals surface area contributed by atoms with Crippen LogP contribution in [0, 0.1) is 23.7 Å². The third-order valence-corrected chi connectivity index (χ3v) is 11.1. The Kier molecular flexibility index (Phi) is 16.2. The van der Waals surface area contributed by atoms with E-state index in [4.69, 9.17) is 4.74 Å².